The number of rotatable bonds is 7. The van der Waals surface area contributed by atoms with Gasteiger partial charge in [-0.3, -0.25) is 4.98 Å². The van der Waals surface area contributed by atoms with Crippen LogP contribution >= 0.6 is 0 Å². The van der Waals surface area contributed by atoms with Gasteiger partial charge in [0.1, 0.15) is 0 Å². The summed E-state index contributed by atoms with van der Waals surface area (Å²) in [6.07, 6.45) is 11.1. The van der Waals surface area contributed by atoms with Crippen LogP contribution in [-0.2, 0) is 12.8 Å². The fraction of sp³-hybridized carbons (Fsp3) is 0.737. The summed E-state index contributed by atoms with van der Waals surface area (Å²) in [5.74, 6) is 0.773. The maximum atomic E-state index is 4.68. The monoisotopic (exact) mass is 288 g/mol. The van der Waals surface area contributed by atoms with Crippen LogP contribution in [-0.4, -0.2) is 18.1 Å². The largest absolute Gasteiger partial charge is 0.316 e. The highest BCUT2D eigenvalue weighted by Gasteiger charge is 2.40. The van der Waals surface area contributed by atoms with E-state index in [4.69, 9.17) is 0 Å². The van der Waals surface area contributed by atoms with Gasteiger partial charge in [0.25, 0.3) is 0 Å². The van der Waals surface area contributed by atoms with Crippen LogP contribution < -0.4 is 5.32 Å². The molecule has 21 heavy (non-hydrogen) atoms. The van der Waals surface area contributed by atoms with Crippen molar-refractivity contribution in [2.75, 3.05) is 7.05 Å². The van der Waals surface area contributed by atoms with E-state index in [1.807, 2.05) is 6.20 Å². The van der Waals surface area contributed by atoms with Crippen molar-refractivity contribution in [2.45, 2.75) is 71.8 Å². The molecule has 0 bridgehead atoms. The van der Waals surface area contributed by atoms with Gasteiger partial charge in [-0.2, -0.15) is 0 Å². The Labute approximate surface area is 130 Å². The van der Waals surface area contributed by atoms with E-state index in [-0.39, 0.29) is 0 Å². The minimum Gasteiger partial charge on any atom is -0.316 e. The maximum Gasteiger partial charge on any atom is 0.0419 e. The summed E-state index contributed by atoms with van der Waals surface area (Å²) < 4.78 is 0. The van der Waals surface area contributed by atoms with Gasteiger partial charge >= 0.3 is 0 Å². The molecule has 0 aromatic carbocycles. The van der Waals surface area contributed by atoms with Crippen molar-refractivity contribution in [2.24, 2.45) is 11.3 Å². The number of nitrogens with one attached hydrogen (secondary N) is 1. The number of aryl methyl sites for hydroxylation is 1. The van der Waals surface area contributed by atoms with Crippen LogP contribution in [0.5, 0.6) is 0 Å². The standard InChI is InChI=1S/C19H32N2/c1-5-16-8-9-17(21-14-16)12-18(20-4)19(13-15(2)3)10-6-7-11-19/h8-9,14-15,18,20H,5-7,10-13H2,1-4H3. The van der Waals surface area contributed by atoms with Gasteiger partial charge in [0.15, 0.2) is 0 Å². The zero-order valence-electron chi connectivity index (χ0n) is 14.3. The minimum atomic E-state index is 0.480. The molecule has 1 heterocycles. The molecule has 2 heteroatoms. The maximum absolute atomic E-state index is 4.68. The van der Waals surface area contributed by atoms with Crippen molar-refractivity contribution in [1.29, 1.82) is 0 Å². The predicted molar refractivity (Wildman–Crippen MR) is 90.5 cm³/mol. The molecule has 1 unspecified atom stereocenters. The lowest BCUT2D eigenvalue weighted by Gasteiger charge is -2.39. The Kier molecular flexibility index (Phi) is 5.80. The average molecular weight is 288 g/mol. The van der Waals surface area contributed by atoms with Gasteiger partial charge in [0.2, 0.25) is 0 Å². The van der Waals surface area contributed by atoms with Gasteiger partial charge < -0.3 is 5.32 Å². The van der Waals surface area contributed by atoms with E-state index < -0.39 is 0 Å². The van der Waals surface area contributed by atoms with Crippen molar-refractivity contribution in [3.05, 3.63) is 29.6 Å². The quantitative estimate of drug-likeness (QED) is 0.805. The lowest BCUT2D eigenvalue weighted by Crippen LogP contribution is -2.44. The summed E-state index contributed by atoms with van der Waals surface area (Å²) in [6, 6.07) is 5.02. The third-order valence-corrected chi connectivity index (χ3v) is 5.21. The lowest BCUT2D eigenvalue weighted by atomic mass is 9.71. The first-order valence-electron chi connectivity index (χ1n) is 8.70. The van der Waals surface area contributed by atoms with E-state index in [1.54, 1.807) is 0 Å². The van der Waals surface area contributed by atoms with E-state index in [9.17, 15) is 0 Å². The Bertz CT molecular complexity index is 416. The van der Waals surface area contributed by atoms with Crippen LogP contribution in [0, 0.1) is 11.3 Å². The number of aromatic nitrogens is 1. The van der Waals surface area contributed by atoms with E-state index in [1.165, 1.54) is 43.4 Å². The number of likely N-dealkylation sites (N-methyl/N-ethyl adjacent to an activating group) is 1. The van der Waals surface area contributed by atoms with Crippen molar-refractivity contribution < 1.29 is 0 Å². The summed E-state index contributed by atoms with van der Waals surface area (Å²) in [5, 5.41) is 3.63. The molecule has 0 spiro atoms. The molecule has 0 saturated heterocycles. The molecule has 0 radical (unpaired) electrons. The van der Waals surface area contributed by atoms with Crippen LogP contribution in [0.15, 0.2) is 18.3 Å². The van der Waals surface area contributed by atoms with Crippen LogP contribution in [0.3, 0.4) is 0 Å². The summed E-state index contributed by atoms with van der Waals surface area (Å²) in [5.41, 5.74) is 3.05. The highest BCUT2D eigenvalue weighted by molar-refractivity contribution is 5.15. The first-order chi connectivity index (χ1) is 10.1. The first kappa shape index (κ1) is 16.5. The number of pyridine rings is 1. The molecule has 1 aromatic heterocycles. The normalized spacial score (nSPS) is 19.1. The van der Waals surface area contributed by atoms with Crippen LogP contribution in [0.2, 0.25) is 0 Å². The second-order valence-corrected chi connectivity index (χ2v) is 7.22. The number of nitrogens with zero attached hydrogens (tertiary/aromatic N) is 1. The topological polar surface area (TPSA) is 24.9 Å². The highest BCUT2D eigenvalue weighted by Crippen LogP contribution is 2.46. The van der Waals surface area contributed by atoms with Crippen LogP contribution in [0.1, 0.15) is 64.1 Å². The van der Waals surface area contributed by atoms with E-state index in [2.05, 4.69) is 50.3 Å². The van der Waals surface area contributed by atoms with E-state index in [0.29, 0.717) is 11.5 Å². The van der Waals surface area contributed by atoms with Gasteiger partial charge in [0, 0.05) is 24.4 Å². The predicted octanol–water partition coefficient (Wildman–Crippen LogP) is 4.38. The third-order valence-electron chi connectivity index (χ3n) is 5.21. The van der Waals surface area contributed by atoms with Crippen LogP contribution in [0.4, 0.5) is 0 Å². The molecule has 1 saturated carbocycles. The molecule has 2 rings (SSSR count). The molecule has 1 fully saturated rings. The Hall–Kier alpha value is -0.890. The fourth-order valence-electron chi connectivity index (χ4n) is 4.21. The van der Waals surface area contributed by atoms with Crippen molar-refractivity contribution >= 4 is 0 Å². The third kappa shape index (κ3) is 4.06. The first-order valence-corrected chi connectivity index (χ1v) is 8.70. The lowest BCUT2D eigenvalue weighted by molar-refractivity contribution is 0.159. The summed E-state index contributed by atoms with van der Waals surface area (Å²) in [4.78, 5) is 4.68. The Morgan fingerprint density at radius 2 is 1.95 bits per heavy atom. The van der Waals surface area contributed by atoms with Crippen LogP contribution in [0.25, 0.3) is 0 Å². The average Bonchev–Trinajstić information content (AvgIpc) is 2.94. The van der Waals surface area contributed by atoms with Gasteiger partial charge in [0.05, 0.1) is 0 Å². The molecule has 1 N–H and O–H groups in total. The fourth-order valence-corrected chi connectivity index (χ4v) is 4.21. The summed E-state index contributed by atoms with van der Waals surface area (Å²) in [6.45, 7) is 6.91. The minimum absolute atomic E-state index is 0.480. The molecule has 0 aliphatic heterocycles. The smallest absolute Gasteiger partial charge is 0.0419 e. The molecule has 2 nitrogen and oxygen atoms in total. The molecule has 1 atom stereocenters. The Morgan fingerprint density at radius 1 is 1.24 bits per heavy atom. The second kappa shape index (κ2) is 7.40. The molecule has 1 aliphatic carbocycles. The van der Waals surface area contributed by atoms with Crippen molar-refractivity contribution in [3.8, 4) is 0 Å². The van der Waals surface area contributed by atoms with E-state index in [0.717, 1.165) is 18.8 Å². The number of hydrogen-bond donors (Lipinski definition) is 1. The van der Waals surface area contributed by atoms with Crippen molar-refractivity contribution in [1.82, 2.24) is 10.3 Å². The SMILES string of the molecule is CCc1ccc(CC(NC)C2(CC(C)C)CCCC2)nc1. The van der Waals surface area contributed by atoms with Gasteiger partial charge in [-0.1, -0.05) is 39.7 Å². The molecule has 0 amide bonds. The van der Waals surface area contributed by atoms with Gasteiger partial charge in [-0.25, -0.2) is 0 Å². The molecular formula is C19H32N2. The van der Waals surface area contributed by atoms with E-state index >= 15 is 0 Å². The molecular weight excluding hydrogens is 256 g/mol. The summed E-state index contributed by atoms with van der Waals surface area (Å²) >= 11 is 0. The van der Waals surface area contributed by atoms with Gasteiger partial charge in [-0.15, -0.1) is 0 Å². The Morgan fingerprint density at radius 3 is 2.43 bits per heavy atom. The summed E-state index contributed by atoms with van der Waals surface area (Å²) in [7, 11) is 2.13. The highest BCUT2D eigenvalue weighted by atomic mass is 14.9. The molecule has 118 valence electrons. The van der Waals surface area contributed by atoms with Crippen molar-refractivity contribution in [3.63, 3.8) is 0 Å². The van der Waals surface area contributed by atoms with Gasteiger partial charge in [-0.05, 0) is 55.7 Å². The molecule has 1 aromatic rings. The Balaban J connectivity index is 2.12. The second-order valence-electron chi connectivity index (χ2n) is 7.22. The zero-order valence-corrected chi connectivity index (χ0v) is 14.3. The number of hydrogen-bond acceptors (Lipinski definition) is 2. The zero-order chi connectivity index (χ0) is 15.3. The molecule has 1 aliphatic rings.